The highest BCUT2D eigenvalue weighted by Gasteiger charge is 2.25. The molecule has 1 aliphatic heterocycles. The SMILES string of the molecule is O=C(CCc1c[nH]c2ccccc12)N1CCN(C(=O)c2ccoc2)CC1. The van der Waals surface area contributed by atoms with Gasteiger partial charge < -0.3 is 19.2 Å². The highest BCUT2D eigenvalue weighted by Crippen LogP contribution is 2.19. The number of amides is 2. The van der Waals surface area contributed by atoms with E-state index in [0.717, 1.165) is 11.9 Å². The minimum Gasteiger partial charge on any atom is -0.472 e. The number of nitrogens with zero attached hydrogens (tertiary/aromatic N) is 2. The number of benzene rings is 1. The van der Waals surface area contributed by atoms with E-state index in [0.29, 0.717) is 38.2 Å². The van der Waals surface area contributed by atoms with E-state index in [1.54, 1.807) is 11.0 Å². The van der Waals surface area contributed by atoms with Crippen LogP contribution in [0.4, 0.5) is 0 Å². The molecule has 26 heavy (non-hydrogen) atoms. The Morgan fingerprint density at radius 3 is 2.58 bits per heavy atom. The van der Waals surface area contributed by atoms with Crippen molar-refractivity contribution in [1.82, 2.24) is 14.8 Å². The second-order valence-corrected chi connectivity index (χ2v) is 6.54. The Morgan fingerprint density at radius 1 is 1.04 bits per heavy atom. The highest BCUT2D eigenvalue weighted by atomic mass is 16.3. The molecule has 0 radical (unpaired) electrons. The van der Waals surface area contributed by atoms with Gasteiger partial charge in [0.15, 0.2) is 0 Å². The molecule has 0 unspecified atom stereocenters. The quantitative estimate of drug-likeness (QED) is 0.786. The van der Waals surface area contributed by atoms with E-state index in [1.807, 2.05) is 29.3 Å². The third kappa shape index (κ3) is 3.22. The van der Waals surface area contributed by atoms with E-state index in [2.05, 4.69) is 11.1 Å². The van der Waals surface area contributed by atoms with Crippen LogP contribution in [0.5, 0.6) is 0 Å². The third-order valence-electron chi connectivity index (χ3n) is 4.97. The summed E-state index contributed by atoms with van der Waals surface area (Å²) in [5.41, 5.74) is 2.83. The van der Waals surface area contributed by atoms with E-state index in [4.69, 9.17) is 4.42 Å². The first-order chi connectivity index (χ1) is 12.7. The number of para-hydroxylation sites is 1. The van der Waals surface area contributed by atoms with E-state index < -0.39 is 0 Å². The second kappa shape index (κ2) is 7.07. The molecule has 6 heteroatoms. The summed E-state index contributed by atoms with van der Waals surface area (Å²) in [7, 11) is 0. The van der Waals surface area contributed by atoms with E-state index in [-0.39, 0.29) is 11.8 Å². The Labute approximate surface area is 151 Å². The lowest BCUT2D eigenvalue weighted by Crippen LogP contribution is -2.50. The number of hydrogen-bond acceptors (Lipinski definition) is 3. The van der Waals surface area contributed by atoms with Crippen molar-refractivity contribution in [3.63, 3.8) is 0 Å². The smallest absolute Gasteiger partial charge is 0.257 e. The molecule has 3 heterocycles. The molecule has 2 amide bonds. The van der Waals surface area contributed by atoms with Gasteiger partial charge in [-0.3, -0.25) is 9.59 Å². The van der Waals surface area contributed by atoms with Crippen LogP contribution >= 0.6 is 0 Å². The van der Waals surface area contributed by atoms with Crippen molar-refractivity contribution in [2.75, 3.05) is 26.2 Å². The fourth-order valence-corrected chi connectivity index (χ4v) is 3.47. The van der Waals surface area contributed by atoms with Crippen LogP contribution in [0, 0.1) is 0 Å². The molecule has 0 bridgehead atoms. The van der Waals surface area contributed by atoms with Gasteiger partial charge in [-0.05, 0) is 24.1 Å². The summed E-state index contributed by atoms with van der Waals surface area (Å²) in [4.78, 5) is 31.7. The van der Waals surface area contributed by atoms with Gasteiger partial charge in [0.2, 0.25) is 5.91 Å². The average Bonchev–Trinajstić information content (AvgIpc) is 3.36. The first-order valence-corrected chi connectivity index (χ1v) is 8.86. The number of aryl methyl sites for hydroxylation is 1. The third-order valence-corrected chi connectivity index (χ3v) is 4.97. The van der Waals surface area contributed by atoms with Crippen LogP contribution in [-0.2, 0) is 11.2 Å². The van der Waals surface area contributed by atoms with Crippen molar-refractivity contribution in [2.45, 2.75) is 12.8 Å². The van der Waals surface area contributed by atoms with Gasteiger partial charge in [0.05, 0.1) is 11.8 Å². The maximum absolute atomic E-state index is 12.5. The zero-order valence-corrected chi connectivity index (χ0v) is 14.5. The Morgan fingerprint density at radius 2 is 1.81 bits per heavy atom. The first-order valence-electron chi connectivity index (χ1n) is 8.86. The van der Waals surface area contributed by atoms with Crippen LogP contribution in [-0.4, -0.2) is 52.8 Å². The largest absolute Gasteiger partial charge is 0.472 e. The highest BCUT2D eigenvalue weighted by molar-refractivity contribution is 5.94. The van der Waals surface area contributed by atoms with Gasteiger partial charge in [-0.1, -0.05) is 18.2 Å². The lowest BCUT2D eigenvalue weighted by Gasteiger charge is -2.34. The van der Waals surface area contributed by atoms with Crippen LogP contribution in [0.25, 0.3) is 10.9 Å². The molecule has 0 saturated carbocycles. The van der Waals surface area contributed by atoms with Crippen molar-refractivity contribution in [3.05, 3.63) is 60.2 Å². The lowest BCUT2D eigenvalue weighted by atomic mass is 10.1. The van der Waals surface area contributed by atoms with E-state index >= 15 is 0 Å². The van der Waals surface area contributed by atoms with Gasteiger partial charge in [0, 0.05) is 49.7 Å². The van der Waals surface area contributed by atoms with Crippen LogP contribution in [0.2, 0.25) is 0 Å². The maximum atomic E-state index is 12.5. The van der Waals surface area contributed by atoms with Crippen molar-refractivity contribution in [1.29, 1.82) is 0 Å². The molecule has 2 aromatic heterocycles. The molecule has 1 aromatic carbocycles. The molecule has 4 rings (SSSR count). The Balaban J connectivity index is 1.30. The fraction of sp³-hybridized carbons (Fsp3) is 0.300. The zero-order valence-electron chi connectivity index (χ0n) is 14.5. The first kappa shape index (κ1) is 16.4. The predicted molar refractivity (Wildman–Crippen MR) is 97.8 cm³/mol. The molecule has 134 valence electrons. The van der Waals surface area contributed by atoms with Crippen LogP contribution < -0.4 is 0 Å². The molecule has 3 aromatic rings. The number of rotatable bonds is 4. The maximum Gasteiger partial charge on any atom is 0.257 e. The number of nitrogens with one attached hydrogen (secondary N) is 1. The van der Waals surface area contributed by atoms with Crippen molar-refractivity contribution in [3.8, 4) is 0 Å². The predicted octanol–water partition coefficient (Wildman–Crippen LogP) is 2.68. The molecule has 1 saturated heterocycles. The number of furan rings is 1. The van der Waals surface area contributed by atoms with E-state index in [1.165, 1.54) is 23.5 Å². The standard InChI is InChI=1S/C20H21N3O3/c24-19(6-5-15-13-21-18-4-2-1-3-17(15)18)22-8-10-23(11-9-22)20(25)16-7-12-26-14-16/h1-4,7,12-14,21H,5-6,8-11H2. The molecular weight excluding hydrogens is 330 g/mol. The zero-order chi connectivity index (χ0) is 17.9. The summed E-state index contributed by atoms with van der Waals surface area (Å²) in [6.07, 6.45) is 6.15. The molecule has 1 N–H and O–H groups in total. The van der Waals surface area contributed by atoms with Gasteiger partial charge in [-0.25, -0.2) is 0 Å². The Kier molecular flexibility index (Phi) is 4.48. The molecule has 6 nitrogen and oxygen atoms in total. The number of fused-ring (bicyclic) bond motifs is 1. The summed E-state index contributed by atoms with van der Waals surface area (Å²) in [6, 6.07) is 9.79. The van der Waals surface area contributed by atoms with Gasteiger partial charge in [-0.2, -0.15) is 0 Å². The number of aromatic amines is 1. The van der Waals surface area contributed by atoms with E-state index in [9.17, 15) is 9.59 Å². The van der Waals surface area contributed by atoms with Crippen LogP contribution in [0.1, 0.15) is 22.3 Å². The molecule has 0 atom stereocenters. The molecule has 0 aliphatic carbocycles. The van der Waals surface area contributed by atoms with Gasteiger partial charge in [0.1, 0.15) is 6.26 Å². The van der Waals surface area contributed by atoms with Gasteiger partial charge in [0.25, 0.3) is 5.91 Å². The molecular formula is C20H21N3O3. The van der Waals surface area contributed by atoms with Crippen molar-refractivity contribution >= 4 is 22.7 Å². The fourth-order valence-electron chi connectivity index (χ4n) is 3.47. The number of piperazine rings is 1. The summed E-state index contributed by atoms with van der Waals surface area (Å²) in [5.74, 6) is 0.107. The monoisotopic (exact) mass is 351 g/mol. The average molecular weight is 351 g/mol. The number of H-pyrrole nitrogens is 1. The second-order valence-electron chi connectivity index (χ2n) is 6.54. The summed E-state index contributed by atoms with van der Waals surface area (Å²) in [5, 5.41) is 1.18. The number of carbonyl (C=O) groups excluding carboxylic acids is 2. The van der Waals surface area contributed by atoms with Crippen molar-refractivity contribution < 1.29 is 14.0 Å². The Bertz CT molecular complexity index is 905. The minimum atomic E-state index is -0.0374. The molecule has 1 fully saturated rings. The lowest BCUT2D eigenvalue weighted by molar-refractivity contribution is -0.132. The summed E-state index contributed by atoms with van der Waals surface area (Å²) in [6.45, 7) is 2.28. The molecule has 0 spiro atoms. The number of carbonyl (C=O) groups is 2. The van der Waals surface area contributed by atoms with Crippen LogP contribution in [0.15, 0.2) is 53.5 Å². The van der Waals surface area contributed by atoms with Crippen molar-refractivity contribution in [2.24, 2.45) is 0 Å². The topological polar surface area (TPSA) is 69.6 Å². The number of aromatic nitrogens is 1. The Hall–Kier alpha value is -3.02. The number of hydrogen-bond donors (Lipinski definition) is 1. The molecule has 1 aliphatic rings. The van der Waals surface area contributed by atoms with Crippen LogP contribution in [0.3, 0.4) is 0 Å². The van der Waals surface area contributed by atoms with Gasteiger partial charge >= 0.3 is 0 Å². The minimum absolute atomic E-state index is 0.0374. The summed E-state index contributed by atoms with van der Waals surface area (Å²) >= 11 is 0. The normalized spacial score (nSPS) is 14.8. The summed E-state index contributed by atoms with van der Waals surface area (Å²) < 4.78 is 4.97. The van der Waals surface area contributed by atoms with Gasteiger partial charge in [-0.15, -0.1) is 0 Å².